The van der Waals surface area contributed by atoms with Crippen molar-refractivity contribution in [3.8, 4) is 11.8 Å². The Balaban J connectivity index is 3.28. The van der Waals surface area contributed by atoms with Gasteiger partial charge in [0.15, 0.2) is 0 Å². The van der Waals surface area contributed by atoms with Crippen LogP contribution in [-0.4, -0.2) is 38.9 Å². The van der Waals surface area contributed by atoms with Gasteiger partial charge in [0.2, 0.25) is 5.91 Å². The van der Waals surface area contributed by atoms with E-state index in [0.717, 1.165) is 13.0 Å². The summed E-state index contributed by atoms with van der Waals surface area (Å²) in [6, 6.07) is 0. The highest BCUT2D eigenvalue weighted by molar-refractivity contribution is 5.76. The number of carbonyl (C=O) groups excluding carboxylic acids is 1. The largest absolute Gasteiger partial charge is 0.379 e. The summed E-state index contributed by atoms with van der Waals surface area (Å²) in [6.07, 6.45) is 2.16. The van der Waals surface area contributed by atoms with Crippen LogP contribution in [0.1, 0.15) is 47.0 Å². The van der Waals surface area contributed by atoms with Crippen LogP contribution in [0, 0.1) is 23.7 Å². The topological polar surface area (TPSA) is 47.6 Å². The second-order valence-corrected chi connectivity index (χ2v) is 5.73. The summed E-state index contributed by atoms with van der Waals surface area (Å²) in [5.74, 6) is 7.10. The van der Waals surface area contributed by atoms with Gasteiger partial charge in [-0.2, -0.15) is 0 Å². The van der Waals surface area contributed by atoms with Gasteiger partial charge in [-0.3, -0.25) is 4.79 Å². The van der Waals surface area contributed by atoms with E-state index in [1.165, 1.54) is 0 Å². The standard InChI is InChI=1S/C17H31NO3/c1-15(2)7-5-6-8-17(19)18-10-12-21-14-13-20-11-9-16(3)4/h15-16H,6,8-14H2,1-4H3,(H,18,19). The molecule has 0 aromatic rings. The molecule has 122 valence electrons. The molecule has 21 heavy (non-hydrogen) atoms. The van der Waals surface area contributed by atoms with Crippen LogP contribution in [0.3, 0.4) is 0 Å². The predicted octanol–water partition coefficient (Wildman–Crippen LogP) is 2.62. The summed E-state index contributed by atoms with van der Waals surface area (Å²) in [5.41, 5.74) is 0. The molecule has 0 aliphatic heterocycles. The molecule has 1 N–H and O–H groups in total. The van der Waals surface area contributed by atoms with Crippen molar-refractivity contribution < 1.29 is 14.3 Å². The van der Waals surface area contributed by atoms with E-state index in [0.29, 0.717) is 51.0 Å². The average molecular weight is 297 g/mol. The normalized spacial score (nSPS) is 10.6. The van der Waals surface area contributed by atoms with Crippen LogP contribution < -0.4 is 5.32 Å². The lowest BCUT2D eigenvalue weighted by atomic mass is 10.1. The summed E-state index contributed by atoms with van der Waals surface area (Å²) in [4.78, 5) is 11.5. The van der Waals surface area contributed by atoms with Gasteiger partial charge in [-0.05, 0) is 12.3 Å². The Morgan fingerprint density at radius 1 is 1.05 bits per heavy atom. The summed E-state index contributed by atoms with van der Waals surface area (Å²) in [6.45, 7) is 11.5. The van der Waals surface area contributed by atoms with E-state index in [1.54, 1.807) is 0 Å². The van der Waals surface area contributed by atoms with Crippen LogP contribution in [0.2, 0.25) is 0 Å². The molecule has 0 bridgehead atoms. The lowest BCUT2D eigenvalue weighted by Crippen LogP contribution is -2.27. The summed E-state index contributed by atoms with van der Waals surface area (Å²) >= 11 is 0. The van der Waals surface area contributed by atoms with Gasteiger partial charge in [-0.15, -0.1) is 11.8 Å². The number of hydrogen-bond acceptors (Lipinski definition) is 3. The Bertz CT molecular complexity index is 316. The van der Waals surface area contributed by atoms with Crippen molar-refractivity contribution in [2.24, 2.45) is 11.8 Å². The monoisotopic (exact) mass is 297 g/mol. The van der Waals surface area contributed by atoms with E-state index in [-0.39, 0.29) is 5.91 Å². The van der Waals surface area contributed by atoms with Crippen molar-refractivity contribution in [3.63, 3.8) is 0 Å². The molecule has 0 heterocycles. The maximum absolute atomic E-state index is 11.5. The van der Waals surface area contributed by atoms with E-state index in [2.05, 4.69) is 31.0 Å². The van der Waals surface area contributed by atoms with Crippen LogP contribution in [0.15, 0.2) is 0 Å². The van der Waals surface area contributed by atoms with Gasteiger partial charge in [0.25, 0.3) is 0 Å². The highest BCUT2D eigenvalue weighted by Gasteiger charge is 1.99. The number of carbonyl (C=O) groups is 1. The zero-order valence-electron chi connectivity index (χ0n) is 14.0. The molecule has 4 nitrogen and oxygen atoms in total. The molecule has 0 rings (SSSR count). The van der Waals surface area contributed by atoms with Gasteiger partial charge < -0.3 is 14.8 Å². The molecule has 0 aliphatic carbocycles. The third-order valence-electron chi connectivity index (χ3n) is 2.65. The van der Waals surface area contributed by atoms with Crippen LogP contribution in [0.25, 0.3) is 0 Å². The maximum atomic E-state index is 11.5. The first kappa shape index (κ1) is 19.9. The second-order valence-electron chi connectivity index (χ2n) is 5.73. The van der Waals surface area contributed by atoms with Gasteiger partial charge in [0, 0.05) is 31.9 Å². The van der Waals surface area contributed by atoms with Crippen molar-refractivity contribution in [2.75, 3.05) is 33.0 Å². The molecule has 0 radical (unpaired) electrons. The smallest absolute Gasteiger partial charge is 0.221 e. The fourth-order valence-corrected chi connectivity index (χ4v) is 1.44. The minimum Gasteiger partial charge on any atom is -0.379 e. The van der Waals surface area contributed by atoms with Crippen molar-refractivity contribution >= 4 is 5.91 Å². The molecule has 0 unspecified atom stereocenters. The minimum atomic E-state index is 0.0323. The molecule has 0 aliphatic rings. The van der Waals surface area contributed by atoms with E-state index in [9.17, 15) is 4.79 Å². The van der Waals surface area contributed by atoms with Crippen molar-refractivity contribution in [1.29, 1.82) is 0 Å². The Labute approximate surface area is 130 Å². The quantitative estimate of drug-likeness (QED) is 0.471. The fraction of sp³-hybridized carbons (Fsp3) is 0.824. The summed E-state index contributed by atoms with van der Waals surface area (Å²) in [7, 11) is 0. The maximum Gasteiger partial charge on any atom is 0.221 e. The zero-order valence-corrected chi connectivity index (χ0v) is 14.0. The Hall–Kier alpha value is -1.05. The van der Waals surface area contributed by atoms with Gasteiger partial charge in [0.1, 0.15) is 0 Å². The number of rotatable bonds is 11. The molecule has 0 spiro atoms. The highest BCUT2D eigenvalue weighted by Crippen LogP contribution is 1.98. The lowest BCUT2D eigenvalue weighted by Gasteiger charge is -2.08. The Kier molecular flexibility index (Phi) is 13.2. The van der Waals surface area contributed by atoms with Gasteiger partial charge in [-0.1, -0.05) is 27.7 Å². The molecule has 0 aromatic heterocycles. The Morgan fingerprint density at radius 3 is 2.33 bits per heavy atom. The second kappa shape index (κ2) is 13.9. The molecule has 1 amide bonds. The first-order valence-electron chi connectivity index (χ1n) is 7.93. The highest BCUT2D eigenvalue weighted by atomic mass is 16.5. The van der Waals surface area contributed by atoms with Crippen molar-refractivity contribution in [3.05, 3.63) is 0 Å². The molecular weight excluding hydrogens is 266 g/mol. The Morgan fingerprint density at radius 2 is 1.71 bits per heavy atom. The third kappa shape index (κ3) is 16.9. The molecule has 0 atom stereocenters. The lowest BCUT2D eigenvalue weighted by molar-refractivity contribution is -0.121. The molecule has 0 saturated carbocycles. The van der Waals surface area contributed by atoms with Crippen molar-refractivity contribution in [1.82, 2.24) is 5.32 Å². The summed E-state index contributed by atoms with van der Waals surface area (Å²) in [5, 5.41) is 2.82. The van der Waals surface area contributed by atoms with Gasteiger partial charge >= 0.3 is 0 Å². The van der Waals surface area contributed by atoms with Gasteiger partial charge in [-0.25, -0.2) is 0 Å². The third-order valence-corrected chi connectivity index (χ3v) is 2.65. The van der Waals surface area contributed by atoms with E-state index in [4.69, 9.17) is 9.47 Å². The van der Waals surface area contributed by atoms with Crippen LogP contribution in [0.5, 0.6) is 0 Å². The zero-order chi connectivity index (χ0) is 15.9. The molecule has 0 aromatic carbocycles. The predicted molar refractivity (Wildman–Crippen MR) is 86.0 cm³/mol. The number of ether oxygens (including phenoxy) is 2. The van der Waals surface area contributed by atoms with Gasteiger partial charge in [0.05, 0.1) is 19.8 Å². The minimum absolute atomic E-state index is 0.0323. The van der Waals surface area contributed by atoms with E-state index in [1.807, 2.05) is 13.8 Å². The molecule has 0 fully saturated rings. The first-order chi connectivity index (χ1) is 10.0. The van der Waals surface area contributed by atoms with E-state index < -0.39 is 0 Å². The summed E-state index contributed by atoms with van der Waals surface area (Å²) < 4.78 is 10.8. The number of amides is 1. The average Bonchev–Trinajstić information content (AvgIpc) is 2.41. The van der Waals surface area contributed by atoms with Crippen molar-refractivity contribution in [2.45, 2.75) is 47.0 Å². The molecule has 0 saturated heterocycles. The van der Waals surface area contributed by atoms with Crippen LogP contribution >= 0.6 is 0 Å². The number of nitrogens with one attached hydrogen (secondary N) is 1. The fourth-order valence-electron chi connectivity index (χ4n) is 1.44. The molecular formula is C17H31NO3. The number of hydrogen-bond donors (Lipinski definition) is 1. The first-order valence-corrected chi connectivity index (χ1v) is 7.93. The molecule has 4 heteroatoms. The van der Waals surface area contributed by atoms with E-state index >= 15 is 0 Å². The van der Waals surface area contributed by atoms with Crippen LogP contribution in [0.4, 0.5) is 0 Å². The van der Waals surface area contributed by atoms with Crippen LogP contribution in [-0.2, 0) is 14.3 Å². The SMILES string of the molecule is CC(C)C#CCCC(=O)NCCOCCOCCC(C)C.